The molecule has 0 saturated heterocycles. The molecule has 0 N–H and O–H groups in total. The van der Waals surface area contributed by atoms with Gasteiger partial charge in [0, 0.05) is 5.39 Å². The van der Waals surface area contributed by atoms with Crippen molar-refractivity contribution in [3.05, 3.63) is 71.9 Å². The van der Waals surface area contributed by atoms with Gasteiger partial charge in [0.25, 0.3) is 0 Å². The molecular weight excluding hydrogens is 356 g/mol. The summed E-state index contributed by atoms with van der Waals surface area (Å²) in [5, 5.41) is 2.47. The van der Waals surface area contributed by atoms with Crippen LogP contribution in [0.25, 0.3) is 16.7 Å². The van der Waals surface area contributed by atoms with Crippen LogP contribution < -0.4 is 0 Å². The SMILES string of the molecule is CCOC(=O)CC1c2cc3ccccc3n2C(=C=O)N1OCc1ccccc1. The predicted molar refractivity (Wildman–Crippen MR) is 104 cm³/mol. The van der Waals surface area contributed by atoms with Crippen LogP contribution >= 0.6 is 0 Å². The number of hydrogen-bond donors (Lipinski definition) is 0. The second-order valence-corrected chi connectivity index (χ2v) is 6.50. The highest BCUT2D eigenvalue weighted by Gasteiger charge is 2.39. The van der Waals surface area contributed by atoms with Crippen molar-refractivity contribution in [3.63, 3.8) is 0 Å². The van der Waals surface area contributed by atoms with E-state index in [9.17, 15) is 9.59 Å². The topological polar surface area (TPSA) is 60.8 Å². The van der Waals surface area contributed by atoms with Crippen molar-refractivity contribution in [1.82, 2.24) is 9.63 Å². The van der Waals surface area contributed by atoms with E-state index in [-0.39, 0.29) is 24.8 Å². The molecule has 1 aliphatic rings. The fourth-order valence-electron chi connectivity index (χ4n) is 3.55. The van der Waals surface area contributed by atoms with Gasteiger partial charge < -0.3 is 4.74 Å². The maximum atomic E-state index is 12.2. The zero-order valence-corrected chi connectivity index (χ0v) is 15.5. The van der Waals surface area contributed by atoms with Crippen LogP contribution in [-0.2, 0) is 25.8 Å². The zero-order chi connectivity index (χ0) is 19.5. The van der Waals surface area contributed by atoms with Crippen molar-refractivity contribution in [2.75, 3.05) is 6.61 Å². The second-order valence-electron chi connectivity index (χ2n) is 6.50. The van der Waals surface area contributed by atoms with Crippen LogP contribution in [0.1, 0.15) is 30.6 Å². The minimum atomic E-state index is -0.466. The average Bonchev–Trinajstić information content (AvgIpc) is 3.22. The molecule has 0 spiro atoms. The summed E-state index contributed by atoms with van der Waals surface area (Å²) in [5.41, 5.74) is 2.64. The molecule has 0 radical (unpaired) electrons. The highest BCUT2D eigenvalue weighted by atomic mass is 16.7. The van der Waals surface area contributed by atoms with Gasteiger partial charge in [0.2, 0.25) is 5.82 Å². The van der Waals surface area contributed by atoms with E-state index in [1.54, 1.807) is 11.5 Å². The van der Waals surface area contributed by atoms with E-state index in [2.05, 4.69) is 0 Å². The molecule has 6 heteroatoms. The summed E-state index contributed by atoms with van der Waals surface area (Å²) in [5.74, 6) is 1.89. The number of hydroxylamine groups is 2. The first kappa shape index (κ1) is 18.0. The highest BCUT2D eigenvalue weighted by molar-refractivity contribution is 5.91. The van der Waals surface area contributed by atoms with Crippen molar-refractivity contribution in [2.45, 2.75) is 26.0 Å². The number of hydrogen-bond acceptors (Lipinski definition) is 5. The third-order valence-electron chi connectivity index (χ3n) is 4.75. The number of carbonyl (C=O) groups excluding carboxylic acids is 2. The molecule has 0 fully saturated rings. The summed E-state index contributed by atoms with van der Waals surface area (Å²) in [6, 6.07) is 18.9. The Morgan fingerprint density at radius 1 is 1.11 bits per heavy atom. The van der Waals surface area contributed by atoms with Crippen LogP contribution in [0.5, 0.6) is 0 Å². The number of para-hydroxylation sites is 1. The van der Waals surface area contributed by atoms with Crippen molar-refractivity contribution < 1.29 is 19.2 Å². The van der Waals surface area contributed by atoms with Crippen LogP contribution in [0.2, 0.25) is 0 Å². The smallest absolute Gasteiger partial charge is 0.308 e. The predicted octanol–water partition coefficient (Wildman–Crippen LogP) is 3.71. The molecule has 1 aliphatic heterocycles. The van der Waals surface area contributed by atoms with Crippen molar-refractivity contribution in [1.29, 1.82) is 0 Å². The Bertz CT molecular complexity index is 1050. The molecule has 2 heterocycles. The lowest BCUT2D eigenvalue weighted by Crippen LogP contribution is -2.25. The van der Waals surface area contributed by atoms with Crippen molar-refractivity contribution >= 4 is 28.6 Å². The van der Waals surface area contributed by atoms with E-state index in [0.717, 1.165) is 22.2 Å². The molecule has 0 aliphatic carbocycles. The van der Waals surface area contributed by atoms with Crippen LogP contribution in [-0.4, -0.2) is 28.1 Å². The molecule has 0 saturated carbocycles. The standard InChI is InChI=1S/C22H20N2O4/c1-2-27-22(26)13-20-19-12-17-10-6-7-11-18(17)23(19)21(14-25)24(20)28-15-16-8-4-3-5-9-16/h3-12,20H,2,13,15H2,1H3. The Morgan fingerprint density at radius 2 is 1.86 bits per heavy atom. The Balaban J connectivity index is 1.71. The van der Waals surface area contributed by atoms with E-state index in [1.165, 1.54) is 5.06 Å². The van der Waals surface area contributed by atoms with Crippen LogP contribution in [0.15, 0.2) is 60.7 Å². The van der Waals surface area contributed by atoms with Crippen molar-refractivity contribution in [2.24, 2.45) is 0 Å². The zero-order valence-electron chi connectivity index (χ0n) is 15.5. The summed E-state index contributed by atoms with van der Waals surface area (Å²) in [6.07, 6.45) is 0.0735. The number of esters is 1. The average molecular weight is 376 g/mol. The Kier molecular flexibility index (Phi) is 4.98. The van der Waals surface area contributed by atoms with Gasteiger partial charge in [-0.1, -0.05) is 48.5 Å². The fourth-order valence-corrected chi connectivity index (χ4v) is 3.55. The van der Waals surface area contributed by atoms with Gasteiger partial charge in [0.15, 0.2) is 5.94 Å². The first-order valence-electron chi connectivity index (χ1n) is 9.20. The van der Waals surface area contributed by atoms with Gasteiger partial charge in [0.05, 0.1) is 24.2 Å². The highest BCUT2D eigenvalue weighted by Crippen LogP contribution is 2.42. The molecule has 1 unspecified atom stereocenters. The molecule has 4 rings (SSSR count). The first-order chi connectivity index (χ1) is 13.7. The van der Waals surface area contributed by atoms with Gasteiger partial charge >= 0.3 is 5.97 Å². The number of ether oxygens (including phenoxy) is 1. The van der Waals surface area contributed by atoms with E-state index < -0.39 is 6.04 Å². The maximum absolute atomic E-state index is 12.2. The van der Waals surface area contributed by atoms with Gasteiger partial charge in [-0.2, -0.15) is 0 Å². The van der Waals surface area contributed by atoms with E-state index >= 15 is 0 Å². The lowest BCUT2D eigenvalue weighted by Gasteiger charge is -2.24. The molecule has 1 aromatic heterocycles. The minimum absolute atomic E-state index is 0.0735. The number of nitrogens with zero attached hydrogens (tertiary/aromatic N) is 2. The van der Waals surface area contributed by atoms with E-state index in [4.69, 9.17) is 9.57 Å². The third kappa shape index (κ3) is 3.20. The van der Waals surface area contributed by atoms with Crippen molar-refractivity contribution in [3.8, 4) is 0 Å². The minimum Gasteiger partial charge on any atom is -0.466 e. The number of fused-ring (bicyclic) bond motifs is 3. The van der Waals surface area contributed by atoms with Crippen LogP contribution in [0.4, 0.5) is 0 Å². The molecule has 0 amide bonds. The normalized spacial score (nSPS) is 15.5. The quantitative estimate of drug-likeness (QED) is 0.485. The van der Waals surface area contributed by atoms with Gasteiger partial charge in [-0.05, 0) is 24.6 Å². The van der Waals surface area contributed by atoms with E-state index in [0.29, 0.717) is 6.61 Å². The van der Waals surface area contributed by atoms with E-state index in [1.807, 2.05) is 66.6 Å². The van der Waals surface area contributed by atoms with Gasteiger partial charge in [-0.3, -0.25) is 14.2 Å². The summed E-state index contributed by atoms with van der Waals surface area (Å²) in [6.45, 7) is 2.34. The Labute approximate surface area is 162 Å². The second kappa shape index (κ2) is 7.72. The molecule has 2 aromatic carbocycles. The summed E-state index contributed by atoms with van der Waals surface area (Å²) >= 11 is 0. The number of benzene rings is 2. The lowest BCUT2D eigenvalue weighted by molar-refractivity contribution is -0.162. The lowest BCUT2D eigenvalue weighted by atomic mass is 10.1. The number of aromatic nitrogens is 1. The molecule has 1 atom stereocenters. The van der Waals surface area contributed by atoms with Crippen LogP contribution in [0, 0.1) is 0 Å². The monoisotopic (exact) mass is 376 g/mol. The van der Waals surface area contributed by atoms with Crippen LogP contribution in [0.3, 0.4) is 0 Å². The summed E-state index contributed by atoms with van der Waals surface area (Å²) < 4.78 is 6.94. The maximum Gasteiger partial charge on any atom is 0.308 e. The molecule has 142 valence electrons. The third-order valence-corrected chi connectivity index (χ3v) is 4.75. The first-order valence-corrected chi connectivity index (χ1v) is 9.20. The fraction of sp³-hybridized carbons (Fsp3) is 0.227. The molecule has 6 nitrogen and oxygen atoms in total. The van der Waals surface area contributed by atoms with Gasteiger partial charge in [-0.25, -0.2) is 9.86 Å². The Hall–Kier alpha value is -3.34. The number of rotatable bonds is 6. The van der Waals surface area contributed by atoms with Gasteiger partial charge in [0.1, 0.15) is 12.6 Å². The molecular formula is C22H20N2O4. The molecule has 0 bridgehead atoms. The number of carbonyl (C=O) groups is 1. The van der Waals surface area contributed by atoms with Gasteiger partial charge in [-0.15, -0.1) is 0 Å². The largest absolute Gasteiger partial charge is 0.466 e. The molecule has 28 heavy (non-hydrogen) atoms. The molecule has 3 aromatic rings. The summed E-state index contributed by atoms with van der Waals surface area (Å²) in [4.78, 5) is 30.1. The Morgan fingerprint density at radius 3 is 2.61 bits per heavy atom. The summed E-state index contributed by atoms with van der Waals surface area (Å²) in [7, 11) is 0.